The van der Waals surface area contributed by atoms with Crippen molar-refractivity contribution in [1.82, 2.24) is 0 Å². The molecule has 23 heavy (non-hydrogen) atoms. The Bertz CT molecular complexity index is 580. The van der Waals surface area contributed by atoms with Crippen molar-refractivity contribution in [3.05, 3.63) is 29.3 Å². The Kier molecular flexibility index (Phi) is 5.74. The molecule has 1 aliphatic rings. The second-order valence-corrected chi connectivity index (χ2v) is 6.49. The molecule has 1 heterocycles. The van der Waals surface area contributed by atoms with Gasteiger partial charge in [0.1, 0.15) is 32.2 Å². The molecule has 2 rings (SSSR count). The second kappa shape index (κ2) is 7.57. The van der Waals surface area contributed by atoms with E-state index in [2.05, 4.69) is 12.4 Å². The molecule has 1 amide bonds. The molecular formula is C17H26N3O3+. The molecule has 0 aliphatic carbocycles. The van der Waals surface area contributed by atoms with E-state index in [1.54, 1.807) is 0 Å². The number of anilines is 1. The zero-order valence-electron chi connectivity index (χ0n) is 14.1. The molecule has 0 saturated carbocycles. The van der Waals surface area contributed by atoms with Crippen molar-refractivity contribution < 1.29 is 24.5 Å². The monoisotopic (exact) mass is 320 g/mol. The zero-order valence-corrected chi connectivity index (χ0v) is 14.1. The van der Waals surface area contributed by atoms with E-state index >= 15 is 0 Å². The normalized spacial score (nSPS) is 22.4. The van der Waals surface area contributed by atoms with E-state index in [1.807, 2.05) is 32.0 Å². The number of rotatable bonds is 5. The fourth-order valence-electron chi connectivity index (χ4n) is 3.01. The zero-order chi connectivity index (χ0) is 17.0. The van der Waals surface area contributed by atoms with Crippen LogP contribution >= 0.6 is 0 Å². The number of amides is 1. The molecule has 126 valence electrons. The molecule has 0 spiro atoms. The van der Waals surface area contributed by atoms with E-state index in [0.717, 1.165) is 47.9 Å². The molecule has 1 aromatic carbocycles. The highest BCUT2D eigenvalue weighted by atomic mass is 16.4. The van der Waals surface area contributed by atoms with Crippen molar-refractivity contribution in [1.29, 1.82) is 0 Å². The van der Waals surface area contributed by atoms with Gasteiger partial charge in [0.15, 0.2) is 0 Å². The fourth-order valence-corrected chi connectivity index (χ4v) is 3.01. The lowest BCUT2D eigenvalue weighted by Gasteiger charge is -2.33. The van der Waals surface area contributed by atoms with Crippen LogP contribution in [0.15, 0.2) is 18.2 Å². The molecule has 1 fully saturated rings. The van der Waals surface area contributed by atoms with Crippen LogP contribution in [0.2, 0.25) is 0 Å². The third-order valence-electron chi connectivity index (χ3n) is 4.79. The van der Waals surface area contributed by atoms with Crippen LogP contribution in [0.4, 0.5) is 5.69 Å². The molecule has 0 aromatic heterocycles. The number of aryl methyl sites for hydroxylation is 1. The van der Waals surface area contributed by atoms with Crippen LogP contribution < -0.4 is 20.2 Å². The smallest absolute Gasteiger partial charge is 0.230 e. The number of quaternary nitrogens is 2. The van der Waals surface area contributed by atoms with Gasteiger partial charge in [-0.15, -0.1) is 0 Å². The van der Waals surface area contributed by atoms with Gasteiger partial charge in [-0.1, -0.05) is 12.1 Å². The minimum absolute atomic E-state index is 0.0515. The van der Waals surface area contributed by atoms with Gasteiger partial charge in [-0.2, -0.15) is 0 Å². The first-order chi connectivity index (χ1) is 10.9. The minimum Gasteiger partial charge on any atom is -0.544 e. The number of hydrogen-bond donors (Lipinski definition) is 3. The molecule has 6 nitrogen and oxygen atoms in total. The lowest BCUT2D eigenvalue weighted by atomic mass is 10.1. The predicted molar refractivity (Wildman–Crippen MR) is 85.3 cm³/mol. The van der Waals surface area contributed by atoms with Crippen LogP contribution in [0.5, 0.6) is 0 Å². The molecule has 0 bridgehead atoms. The topological polar surface area (TPSA) is 78.1 Å². The van der Waals surface area contributed by atoms with Crippen LogP contribution in [0, 0.1) is 13.8 Å². The van der Waals surface area contributed by atoms with Crippen LogP contribution in [-0.4, -0.2) is 51.1 Å². The summed E-state index contributed by atoms with van der Waals surface area (Å²) in [5.41, 5.74) is 2.83. The molecule has 1 atom stereocenters. The summed E-state index contributed by atoms with van der Waals surface area (Å²) in [5.74, 6) is -1.41. The van der Waals surface area contributed by atoms with Crippen LogP contribution in [0.1, 0.15) is 17.5 Å². The Labute approximate surface area is 137 Å². The van der Waals surface area contributed by atoms with Crippen molar-refractivity contribution in [2.75, 3.05) is 38.5 Å². The summed E-state index contributed by atoms with van der Waals surface area (Å²) in [6, 6.07) is 4.91. The SMILES string of the molecule is Cc1cccc(NC(=O)C[C@@H](C(=O)[O-])[NH+]2CC[NH+](C)CC2)c1C. The Morgan fingerprint density at radius 1 is 1.22 bits per heavy atom. The summed E-state index contributed by atoms with van der Waals surface area (Å²) in [6.07, 6.45) is -0.0515. The van der Waals surface area contributed by atoms with Crippen molar-refractivity contribution in [2.24, 2.45) is 0 Å². The van der Waals surface area contributed by atoms with E-state index in [4.69, 9.17) is 0 Å². The maximum Gasteiger partial charge on any atom is 0.230 e. The molecule has 0 unspecified atom stereocenters. The molecule has 6 heteroatoms. The third-order valence-corrected chi connectivity index (χ3v) is 4.79. The number of carboxylic acid groups (broad SMARTS) is 1. The van der Waals surface area contributed by atoms with E-state index in [0.29, 0.717) is 0 Å². The molecule has 0 radical (unpaired) electrons. The maximum absolute atomic E-state index is 12.3. The van der Waals surface area contributed by atoms with Gasteiger partial charge >= 0.3 is 0 Å². The van der Waals surface area contributed by atoms with Gasteiger partial charge in [-0.05, 0) is 31.0 Å². The molecular weight excluding hydrogens is 294 g/mol. The van der Waals surface area contributed by atoms with Gasteiger partial charge in [0.2, 0.25) is 5.91 Å². The van der Waals surface area contributed by atoms with Gasteiger partial charge < -0.3 is 25.0 Å². The van der Waals surface area contributed by atoms with Gasteiger partial charge in [-0.3, -0.25) is 4.79 Å². The second-order valence-electron chi connectivity index (χ2n) is 6.49. The van der Waals surface area contributed by atoms with Crippen LogP contribution in [-0.2, 0) is 9.59 Å². The van der Waals surface area contributed by atoms with E-state index in [1.165, 1.54) is 4.90 Å². The van der Waals surface area contributed by atoms with Crippen molar-refractivity contribution >= 4 is 17.6 Å². The first kappa shape index (κ1) is 17.4. The number of aliphatic carboxylic acids is 1. The fraction of sp³-hybridized carbons (Fsp3) is 0.529. The summed E-state index contributed by atoms with van der Waals surface area (Å²) in [6.45, 7) is 7.25. The number of carbonyl (C=O) groups excluding carboxylic acids is 2. The molecule has 1 aliphatic heterocycles. The number of carbonyl (C=O) groups is 2. The van der Waals surface area contributed by atoms with Gasteiger partial charge in [0.25, 0.3) is 0 Å². The Balaban J connectivity index is 2.01. The summed E-state index contributed by atoms with van der Waals surface area (Å²) >= 11 is 0. The quantitative estimate of drug-likeness (QED) is 0.547. The van der Waals surface area contributed by atoms with Crippen molar-refractivity contribution in [3.8, 4) is 0 Å². The molecule has 3 N–H and O–H groups in total. The number of nitrogens with one attached hydrogen (secondary N) is 3. The third kappa shape index (κ3) is 4.53. The van der Waals surface area contributed by atoms with E-state index in [-0.39, 0.29) is 12.3 Å². The number of carboxylic acids is 1. The Morgan fingerprint density at radius 2 is 1.87 bits per heavy atom. The Hall–Kier alpha value is -1.92. The molecule has 1 saturated heterocycles. The van der Waals surface area contributed by atoms with Gasteiger partial charge in [0.05, 0.1) is 19.4 Å². The van der Waals surface area contributed by atoms with Crippen molar-refractivity contribution in [2.45, 2.75) is 26.3 Å². The summed E-state index contributed by atoms with van der Waals surface area (Å²) in [7, 11) is 2.10. The first-order valence-electron chi connectivity index (χ1n) is 8.11. The highest BCUT2D eigenvalue weighted by Gasteiger charge is 2.30. The lowest BCUT2D eigenvalue weighted by molar-refractivity contribution is -1.01. The van der Waals surface area contributed by atoms with Gasteiger partial charge in [-0.25, -0.2) is 0 Å². The standard InChI is InChI=1S/C17H25N3O3/c1-12-5-4-6-14(13(12)2)18-16(21)11-15(17(22)23)20-9-7-19(3)8-10-20/h4-6,15H,7-11H2,1-3H3,(H,18,21)(H,22,23)/p+1/t15-/m0/s1. The average Bonchev–Trinajstić information content (AvgIpc) is 2.50. The van der Waals surface area contributed by atoms with E-state index < -0.39 is 12.0 Å². The summed E-state index contributed by atoms with van der Waals surface area (Å²) in [5, 5.41) is 14.3. The number of piperazine rings is 1. The Morgan fingerprint density at radius 3 is 2.48 bits per heavy atom. The van der Waals surface area contributed by atoms with Gasteiger partial charge in [0, 0.05) is 5.69 Å². The molecule has 1 aromatic rings. The van der Waals surface area contributed by atoms with E-state index in [9.17, 15) is 14.7 Å². The highest BCUT2D eigenvalue weighted by molar-refractivity contribution is 5.94. The first-order valence-corrected chi connectivity index (χ1v) is 8.11. The minimum atomic E-state index is -1.14. The highest BCUT2D eigenvalue weighted by Crippen LogP contribution is 2.18. The predicted octanol–water partition coefficient (Wildman–Crippen LogP) is -2.84. The van der Waals surface area contributed by atoms with Crippen molar-refractivity contribution in [3.63, 3.8) is 0 Å². The van der Waals surface area contributed by atoms with Crippen LogP contribution in [0.3, 0.4) is 0 Å². The summed E-state index contributed by atoms with van der Waals surface area (Å²) in [4.78, 5) is 26.1. The number of hydrogen-bond acceptors (Lipinski definition) is 3. The largest absolute Gasteiger partial charge is 0.544 e. The summed E-state index contributed by atoms with van der Waals surface area (Å²) < 4.78 is 0. The van der Waals surface area contributed by atoms with Crippen LogP contribution in [0.25, 0.3) is 0 Å². The number of likely N-dealkylation sites (N-methyl/N-ethyl adjacent to an activating group) is 1. The maximum atomic E-state index is 12.3. The lowest BCUT2D eigenvalue weighted by Crippen LogP contribution is -3.29. The average molecular weight is 320 g/mol. The number of benzene rings is 1.